The normalized spacial score (nSPS) is 11.2. The van der Waals surface area contributed by atoms with Crippen LogP contribution in [0, 0.1) is 10.7 Å². The molecule has 0 aromatic heterocycles. The second-order valence-electron chi connectivity index (χ2n) is 4.17. The molecule has 0 spiro atoms. The Kier molecular flexibility index (Phi) is 5.93. The summed E-state index contributed by atoms with van der Waals surface area (Å²) in [4.78, 5) is 12.2. The predicted octanol–water partition coefficient (Wildman–Crippen LogP) is 3.32. The lowest BCUT2D eigenvalue weighted by Gasteiger charge is -2.09. The van der Waals surface area contributed by atoms with E-state index in [1.54, 1.807) is 18.2 Å². The lowest BCUT2D eigenvalue weighted by molar-refractivity contribution is 0.0978. The summed E-state index contributed by atoms with van der Waals surface area (Å²) in [6.07, 6.45) is 0. The molecule has 2 rings (SSSR count). The summed E-state index contributed by atoms with van der Waals surface area (Å²) in [5, 5.41) is 9.93. The molecule has 0 aliphatic rings. The van der Waals surface area contributed by atoms with Crippen molar-refractivity contribution in [2.75, 3.05) is 0 Å². The lowest BCUT2D eigenvalue weighted by Crippen LogP contribution is -2.30. The van der Waals surface area contributed by atoms with Gasteiger partial charge in [-0.1, -0.05) is 0 Å². The van der Waals surface area contributed by atoms with Crippen LogP contribution in [0.1, 0.15) is 10.4 Å². The lowest BCUT2D eigenvalue weighted by atomic mass is 10.2. The number of phenolic OH excluding ortho intramolecular Hbond substituents is 1. The van der Waals surface area contributed by atoms with Gasteiger partial charge in [-0.05, 0) is 104 Å². The van der Waals surface area contributed by atoms with Gasteiger partial charge in [0.15, 0.2) is 0 Å². The maximum absolute atomic E-state index is 12.2. The third-order valence-corrected chi connectivity index (χ3v) is 6.13. The highest BCUT2D eigenvalue weighted by atomic mass is 127. The van der Waals surface area contributed by atoms with E-state index in [4.69, 9.17) is 0 Å². The Labute approximate surface area is 168 Å². The summed E-state index contributed by atoms with van der Waals surface area (Å²) < 4.78 is 28.4. The second kappa shape index (κ2) is 7.17. The summed E-state index contributed by atoms with van der Waals surface area (Å²) in [6, 6.07) is 9.19. The fourth-order valence-electron chi connectivity index (χ4n) is 1.59. The molecule has 0 atom stereocenters. The number of carbonyl (C=O) groups excluding carboxylic acids is 1. The summed E-state index contributed by atoms with van der Waals surface area (Å²) in [5.74, 6) is -1.11. The number of carbonyl (C=O) groups is 1. The van der Waals surface area contributed by atoms with Gasteiger partial charge in [0.2, 0.25) is 0 Å². The number of nitrogens with one attached hydrogen (secondary N) is 1. The number of aromatic hydroxyl groups is 1. The topological polar surface area (TPSA) is 83.5 Å². The van der Waals surface area contributed by atoms with Crippen LogP contribution in [-0.2, 0) is 10.0 Å². The molecule has 22 heavy (non-hydrogen) atoms. The molecule has 2 aromatic carbocycles. The zero-order valence-corrected chi connectivity index (χ0v) is 18.0. The number of sulfonamides is 1. The van der Waals surface area contributed by atoms with Crippen molar-refractivity contribution in [1.82, 2.24) is 4.72 Å². The molecular weight excluding hydrogens is 647 g/mol. The minimum absolute atomic E-state index is 0.0129. The predicted molar refractivity (Wildman–Crippen MR) is 107 cm³/mol. The van der Waals surface area contributed by atoms with Crippen molar-refractivity contribution < 1.29 is 18.3 Å². The zero-order chi connectivity index (χ0) is 16.5. The van der Waals surface area contributed by atoms with Gasteiger partial charge in [-0.3, -0.25) is 4.79 Å². The third-order valence-electron chi connectivity index (χ3n) is 2.62. The standard InChI is InChI=1S/C13H8I3NO4S/c14-7-1-3-9(4-2-7)22(20,21)17-13(19)10-5-8(15)6-11(16)12(10)18/h1-6,18H,(H,17,19). The van der Waals surface area contributed by atoms with Crippen molar-refractivity contribution >= 4 is 83.7 Å². The van der Waals surface area contributed by atoms with Crippen LogP contribution in [0.3, 0.4) is 0 Å². The van der Waals surface area contributed by atoms with Crippen LogP contribution in [0.25, 0.3) is 0 Å². The van der Waals surface area contributed by atoms with Crippen LogP contribution < -0.4 is 4.72 Å². The molecular formula is C13H8I3NO4S. The zero-order valence-electron chi connectivity index (χ0n) is 10.7. The number of rotatable bonds is 3. The highest BCUT2D eigenvalue weighted by Crippen LogP contribution is 2.27. The van der Waals surface area contributed by atoms with E-state index in [0.717, 1.165) is 7.14 Å². The van der Waals surface area contributed by atoms with Crippen LogP contribution in [0.5, 0.6) is 5.75 Å². The first-order valence-corrected chi connectivity index (χ1v) is 10.4. The van der Waals surface area contributed by atoms with Gasteiger partial charge in [0.05, 0.1) is 14.0 Å². The molecule has 0 bridgehead atoms. The Bertz CT molecular complexity index is 835. The van der Waals surface area contributed by atoms with E-state index in [1.165, 1.54) is 18.2 Å². The van der Waals surface area contributed by atoms with Crippen molar-refractivity contribution in [2.24, 2.45) is 0 Å². The summed E-state index contributed by atoms with van der Waals surface area (Å²) in [7, 11) is -3.99. The Hall–Kier alpha value is -0.150. The highest BCUT2D eigenvalue weighted by molar-refractivity contribution is 14.1. The van der Waals surface area contributed by atoms with Crippen molar-refractivity contribution in [3.63, 3.8) is 0 Å². The molecule has 0 saturated heterocycles. The molecule has 0 saturated carbocycles. The Morgan fingerprint density at radius 1 is 1.00 bits per heavy atom. The maximum Gasteiger partial charge on any atom is 0.268 e. The maximum atomic E-state index is 12.2. The monoisotopic (exact) mass is 655 g/mol. The smallest absolute Gasteiger partial charge is 0.268 e. The Morgan fingerprint density at radius 3 is 2.18 bits per heavy atom. The third kappa shape index (κ3) is 4.23. The number of amides is 1. The van der Waals surface area contributed by atoms with Crippen molar-refractivity contribution in [3.05, 3.63) is 52.7 Å². The SMILES string of the molecule is O=C(NS(=O)(=O)c1ccc(I)cc1)c1cc(I)cc(I)c1O. The van der Waals surface area contributed by atoms with Gasteiger partial charge in [0, 0.05) is 7.14 Å². The second-order valence-corrected chi connectivity index (χ2v) is 9.51. The average Bonchev–Trinajstić information content (AvgIpc) is 2.42. The van der Waals surface area contributed by atoms with Gasteiger partial charge in [-0.2, -0.15) is 0 Å². The molecule has 9 heteroatoms. The molecule has 116 valence electrons. The van der Waals surface area contributed by atoms with Crippen LogP contribution >= 0.6 is 67.8 Å². The fourth-order valence-corrected chi connectivity index (χ4v) is 4.76. The number of hydrogen-bond acceptors (Lipinski definition) is 4. The van der Waals surface area contributed by atoms with Gasteiger partial charge in [0.25, 0.3) is 15.9 Å². The van der Waals surface area contributed by atoms with E-state index in [1.807, 2.05) is 49.9 Å². The van der Waals surface area contributed by atoms with E-state index in [0.29, 0.717) is 3.57 Å². The molecule has 0 aliphatic heterocycles. The van der Waals surface area contributed by atoms with Crippen molar-refractivity contribution in [2.45, 2.75) is 4.90 Å². The molecule has 0 heterocycles. The van der Waals surface area contributed by atoms with Crippen LogP contribution in [-0.4, -0.2) is 19.4 Å². The van der Waals surface area contributed by atoms with E-state index >= 15 is 0 Å². The average molecular weight is 655 g/mol. The Morgan fingerprint density at radius 2 is 1.59 bits per heavy atom. The first-order chi connectivity index (χ1) is 10.2. The summed E-state index contributed by atoms with van der Waals surface area (Å²) in [6.45, 7) is 0. The molecule has 5 nitrogen and oxygen atoms in total. The van der Waals surface area contributed by atoms with Crippen molar-refractivity contribution in [1.29, 1.82) is 0 Å². The van der Waals surface area contributed by atoms with Gasteiger partial charge >= 0.3 is 0 Å². The van der Waals surface area contributed by atoms with Crippen LogP contribution in [0.4, 0.5) is 0 Å². The number of halogens is 3. The number of benzene rings is 2. The van der Waals surface area contributed by atoms with Gasteiger partial charge in [-0.25, -0.2) is 13.1 Å². The van der Waals surface area contributed by atoms with Gasteiger partial charge < -0.3 is 5.11 Å². The van der Waals surface area contributed by atoms with Crippen LogP contribution in [0.2, 0.25) is 0 Å². The quantitative estimate of drug-likeness (QED) is 0.498. The summed E-state index contributed by atoms with van der Waals surface area (Å²) >= 11 is 5.92. The highest BCUT2D eigenvalue weighted by Gasteiger charge is 2.22. The molecule has 0 fully saturated rings. The molecule has 0 aliphatic carbocycles. The van der Waals surface area contributed by atoms with E-state index in [2.05, 4.69) is 22.6 Å². The summed E-state index contributed by atoms with van der Waals surface area (Å²) in [5.41, 5.74) is -0.0783. The Balaban J connectivity index is 2.34. The van der Waals surface area contributed by atoms with E-state index < -0.39 is 15.9 Å². The molecule has 2 N–H and O–H groups in total. The minimum Gasteiger partial charge on any atom is -0.506 e. The van der Waals surface area contributed by atoms with E-state index in [-0.39, 0.29) is 16.2 Å². The largest absolute Gasteiger partial charge is 0.506 e. The van der Waals surface area contributed by atoms with Crippen molar-refractivity contribution in [3.8, 4) is 5.75 Å². The molecule has 2 aromatic rings. The van der Waals surface area contributed by atoms with Crippen LogP contribution in [0.15, 0.2) is 41.3 Å². The molecule has 0 unspecified atom stereocenters. The first-order valence-electron chi connectivity index (χ1n) is 5.71. The van der Waals surface area contributed by atoms with E-state index in [9.17, 15) is 18.3 Å². The minimum atomic E-state index is -3.99. The fraction of sp³-hybridized carbons (Fsp3) is 0. The number of hydrogen-bond donors (Lipinski definition) is 2. The van der Waals surface area contributed by atoms with Gasteiger partial charge in [-0.15, -0.1) is 0 Å². The van der Waals surface area contributed by atoms with Gasteiger partial charge in [0.1, 0.15) is 5.75 Å². The number of phenols is 1. The molecule has 1 amide bonds. The molecule has 0 radical (unpaired) electrons. The first kappa shape index (κ1) is 18.2.